The first kappa shape index (κ1) is 27.8. The molecule has 3 aromatic rings. The topological polar surface area (TPSA) is 118 Å². The molecule has 2 aliphatic carbocycles. The first-order valence-corrected chi connectivity index (χ1v) is 14.1. The highest BCUT2D eigenvalue weighted by Crippen LogP contribution is 2.44. The quantitative estimate of drug-likeness (QED) is 0.184. The second-order valence-corrected chi connectivity index (χ2v) is 11.0. The molecule has 0 spiro atoms. The molecule has 9 nitrogen and oxygen atoms in total. The normalized spacial score (nSPS) is 15.7. The highest BCUT2D eigenvalue weighted by atomic mass is 32.2. The lowest BCUT2D eigenvalue weighted by Gasteiger charge is -2.15. The van der Waals surface area contributed by atoms with E-state index in [2.05, 4.69) is 45.7 Å². The number of aliphatic imine (C=N–C) groups is 1. The molecule has 2 fully saturated rings. The fourth-order valence-corrected chi connectivity index (χ4v) is 4.90. The van der Waals surface area contributed by atoms with Crippen molar-refractivity contribution >= 4 is 36.3 Å². The van der Waals surface area contributed by atoms with E-state index in [9.17, 15) is 0 Å². The maximum Gasteiger partial charge on any atom is 0.170 e. The Morgan fingerprint density at radius 1 is 1.11 bits per heavy atom. The van der Waals surface area contributed by atoms with Crippen LogP contribution in [0.4, 0.5) is 11.5 Å². The van der Waals surface area contributed by atoms with Gasteiger partial charge >= 0.3 is 0 Å². The first-order chi connectivity index (χ1) is 18.5. The van der Waals surface area contributed by atoms with E-state index >= 15 is 0 Å². The summed E-state index contributed by atoms with van der Waals surface area (Å²) >= 11 is 1.79. The zero-order valence-corrected chi connectivity index (χ0v) is 23.4. The lowest BCUT2D eigenvalue weighted by atomic mass is 10.1. The summed E-state index contributed by atoms with van der Waals surface area (Å²) in [7, 11) is 0. The van der Waals surface area contributed by atoms with Gasteiger partial charge in [-0.3, -0.25) is 9.98 Å². The Kier molecular flexibility index (Phi) is 9.52. The molecule has 1 atom stereocenters. The minimum atomic E-state index is 0.444. The number of anilines is 1. The van der Waals surface area contributed by atoms with Gasteiger partial charge in [-0.2, -0.15) is 0 Å². The van der Waals surface area contributed by atoms with Crippen LogP contribution in [0.25, 0.3) is 11.4 Å². The molecule has 2 aliphatic rings. The van der Waals surface area contributed by atoms with Crippen LogP contribution in [0.5, 0.6) is 0 Å². The summed E-state index contributed by atoms with van der Waals surface area (Å²) in [6, 6.07) is 4.16. The summed E-state index contributed by atoms with van der Waals surface area (Å²) in [5, 5.41) is 0. The highest BCUT2D eigenvalue weighted by molar-refractivity contribution is 7.99. The Balaban J connectivity index is 0.00000164. The van der Waals surface area contributed by atoms with Crippen molar-refractivity contribution in [2.75, 3.05) is 11.2 Å². The van der Waals surface area contributed by atoms with Crippen molar-refractivity contribution in [1.82, 2.24) is 30.3 Å². The smallest absolute Gasteiger partial charge is 0.170 e. The maximum absolute atomic E-state index is 8.00. The number of thioether (sulfide) groups is 1. The standard InChI is InChI=1S/C27H34N8S.CH2O/c1-5-36-22-11-10-21(28-14-22)13-32-35-27-24(29-12-16(2)19-6-7-19)18(4)33-26(34-27)23-17(3)30-15-31-25(23)20-8-9-20;1-2/h10-12,14-16,19-20,32H,5-9,13H2,1-4H3,(H,33,34,35);1H2. The van der Waals surface area contributed by atoms with Gasteiger partial charge in [0.15, 0.2) is 11.6 Å². The van der Waals surface area contributed by atoms with E-state index < -0.39 is 0 Å². The number of aryl methyl sites for hydroxylation is 2. The first-order valence-electron chi connectivity index (χ1n) is 13.1. The molecule has 2 N–H and O–H groups in total. The van der Waals surface area contributed by atoms with Crippen LogP contribution in [0.1, 0.15) is 68.2 Å². The molecule has 10 heteroatoms. The molecule has 0 amide bonds. The minimum Gasteiger partial charge on any atom is -0.307 e. The number of nitrogens with zero attached hydrogens (tertiary/aromatic N) is 6. The summed E-state index contributed by atoms with van der Waals surface area (Å²) in [6.45, 7) is 10.9. The molecule has 0 aliphatic heterocycles. The summed E-state index contributed by atoms with van der Waals surface area (Å²) in [4.78, 5) is 37.5. The second kappa shape index (κ2) is 13.0. The van der Waals surface area contributed by atoms with E-state index in [1.165, 1.54) is 17.7 Å². The van der Waals surface area contributed by atoms with Crippen LogP contribution >= 0.6 is 11.8 Å². The van der Waals surface area contributed by atoms with Gasteiger partial charge in [0.2, 0.25) is 0 Å². The number of carbonyl (C=O) groups is 1. The van der Waals surface area contributed by atoms with E-state index in [1.807, 2.05) is 39.1 Å². The monoisotopic (exact) mass is 532 g/mol. The number of hydrogen-bond acceptors (Lipinski definition) is 10. The number of rotatable bonds is 11. The van der Waals surface area contributed by atoms with Crippen molar-refractivity contribution in [2.45, 2.75) is 70.7 Å². The van der Waals surface area contributed by atoms with E-state index in [0.29, 0.717) is 30.0 Å². The zero-order chi connectivity index (χ0) is 27.1. The number of hydrazine groups is 1. The lowest BCUT2D eigenvalue weighted by molar-refractivity contribution is -0.0979. The van der Waals surface area contributed by atoms with Gasteiger partial charge in [0.1, 0.15) is 18.8 Å². The van der Waals surface area contributed by atoms with E-state index in [-0.39, 0.29) is 0 Å². The van der Waals surface area contributed by atoms with Gasteiger partial charge in [-0.05, 0) is 69.3 Å². The van der Waals surface area contributed by atoms with Gasteiger partial charge in [0, 0.05) is 23.2 Å². The predicted molar refractivity (Wildman–Crippen MR) is 153 cm³/mol. The molecule has 200 valence electrons. The third-order valence-electron chi connectivity index (χ3n) is 6.70. The molecule has 3 heterocycles. The van der Waals surface area contributed by atoms with Crippen LogP contribution in [-0.4, -0.2) is 43.7 Å². The Morgan fingerprint density at radius 2 is 1.89 bits per heavy atom. The molecule has 0 bridgehead atoms. The number of hydrogen-bond donors (Lipinski definition) is 2. The third kappa shape index (κ3) is 6.99. The molecule has 3 aromatic heterocycles. The molecule has 38 heavy (non-hydrogen) atoms. The van der Waals surface area contributed by atoms with Crippen molar-refractivity contribution in [1.29, 1.82) is 0 Å². The van der Waals surface area contributed by atoms with Crippen LogP contribution in [0.3, 0.4) is 0 Å². The largest absolute Gasteiger partial charge is 0.307 e. The molecular formula is C28H36N8OS. The summed E-state index contributed by atoms with van der Waals surface area (Å²) in [5.41, 5.74) is 12.0. The minimum absolute atomic E-state index is 0.444. The molecule has 0 aromatic carbocycles. The molecule has 0 radical (unpaired) electrons. The van der Waals surface area contributed by atoms with Crippen LogP contribution in [0.15, 0.2) is 34.5 Å². The fourth-order valence-electron chi connectivity index (χ4n) is 4.28. The van der Waals surface area contributed by atoms with Crippen LogP contribution in [0.2, 0.25) is 0 Å². The maximum atomic E-state index is 8.00. The van der Waals surface area contributed by atoms with Gasteiger partial charge in [-0.15, -0.1) is 11.8 Å². The number of aromatic nitrogens is 5. The van der Waals surface area contributed by atoms with Crippen molar-refractivity contribution in [2.24, 2.45) is 16.8 Å². The van der Waals surface area contributed by atoms with Gasteiger partial charge in [0.05, 0.1) is 34.9 Å². The van der Waals surface area contributed by atoms with Crippen LogP contribution in [-0.2, 0) is 11.3 Å². The predicted octanol–water partition coefficient (Wildman–Crippen LogP) is 5.62. The average molecular weight is 533 g/mol. The summed E-state index contributed by atoms with van der Waals surface area (Å²) in [6.07, 6.45) is 10.5. The van der Waals surface area contributed by atoms with Crippen molar-refractivity contribution in [3.8, 4) is 11.4 Å². The number of pyridine rings is 1. The van der Waals surface area contributed by atoms with E-state index in [0.717, 1.165) is 58.5 Å². The highest BCUT2D eigenvalue weighted by Gasteiger charge is 2.31. The second-order valence-electron chi connectivity index (χ2n) is 9.69. The zero-order valence-electron chi connectivity index (χ0n) is 22.6. The number of nitrogens with one attached hydrogen (secondary N) is 2. The van der Waals surface area contributed by atoms with Crippen molar-refractivity contribution in [3.63, 3.8) is 0 Å². The Labute approximate surface area is 228 Å². The van der Waals surface area contributed by atoms with Gasteiger partial charge in [0.25, 0.3) is 0 Å². The molecule has 1 unspecified atom stereocenters. The van der Waals surface area contributed by atoms with Gasteiger partial charge in [-0.1, -0.05) is 13.8 Å². The number of carbonyl (C=O) groups excluding carboxylic acids is 1. The molecule has 5 rings (SSSR count). The molecule has 0 saturated heterocycles. The van der Waals surface area contributed by atoms with Gasteiger partial charge in [-0.25, -0.2) is 25.4 Å². The van der Waals surface area contributed by atoms with Gasteiger partial charge < -0.3 is 10.2 Å². The average Bonchev–Trinajstić information content (AvgIpc) is 3.84. The van der Waals surface area contributed by atoms with E-state index in [4.69, 9.17) is 19.8 Å². The van der Waals surface area contributed by atoms with Crippen LogP contribution < -0.4 is 10.9 Å². The Hall–Kier alpha value is -3.24. The van der Waals surface area contributed by atoms with Crippen molar-refractivity contribution < 1.29 is 4.79 Å². The lowest BCUT2D eigenvalue weighted by Crippen LogP contribution is -2.23. The van der Waals surface area contributed by atoms with E-state index in [1.54, 1.807) is 18.1 Å². The molecular weight excluding hydrogens is 496 g/mol. The van der Waals surface area contributed by atoms with Crippen LogP contribution in [0, 0.1) is 25.7 Å². The summed E-state index contributed by atoms with van der Waals surface area (Å²) in [5.74, 6) is 3.99. The molecule has 2 saturated carbocycles. The SMILES string of the molecule is C=O.CCSc1ccc(CNNc2nc(-c3c(C)ncnc3C3CC3)nc(C)c2N=CC(C)C2CC2)nc1. The third-order valence-corrected chi connectivity index (χ3v) is 7.56. The van der Waals surface area contributed by atoms with Crippen molar-refractivity contribution in [3.05, 3.63) is 47.4 Å². The Bertz CT molecular complexity index is 1260. The fraction of sp³-hybridized carbons (Fsp3) is 0.464. The summed E-state index contributed by atoms with van der Waals surface area (Å²) < 4.78 is 0. The Morgan fingerprint density at radius 3 is 2.55 bits per heavy atom.